The van der Waals surface area contributed by atoms with Gasteiger partial charge in [0.05, 0.1) is 53.1 Å². The van der Waals surface area contributed by atoms with Crippen molar-refractivity contribution in [2.75, 3.05) is 18.2 Å². The fraction of sp³-hybridized carbons (Fsp3) is 0.423. The Bertz CT molecular complexity index is 1320. The summed E-state index contributed by atoms with van der Waals surface area (Å²) in [6.07, 6.45) is 4.31. The summed E-state index contributed by atoms with van der Waals surface area (Å²) in [6.45, 7) is 0.457. The lowest BCUT2D eigenvalue weighted by Crippen LogP contribution is -2.48. The molecule has 0 aromatic carbocycles. The Morgan fingerprint density at radius 2 is 2.00 bits per heavy atom. The lowest BCUT2D eigenvalue weighted by Gasteiger charge is -2.36. The summed E-state index contributed by atoms with van der Waals surface area (Å²) in [6, 6.07) is 9.42. The fourth-order valence-electron chi connectivity index (χ4n) is 4.80. The number of rotatable bonds is 9. The lowest BCUT2D eigenvalue weighted by molar-refractivity contribution is -0.145. The zero-order valence-corrected chi connectivity index (χ0v) is 25.0. The van der Waals surface area contributed by atoms with Crippen molar-refractivity contribution < 1.29 is 24.2 Å². The summed E-state index contributed by atoms with van der Waals surface area (Å²) < 4.78 is 11.6. The van der Waals surface area contributed by atoms with E-state index in [1.54, 1.807) is 19.4 Å². The minimum Gasteiger partial charge on any atom is -0.481 e. The van der Waals surface area contributed by atoms with Gasteiger partial charge in [-0.15, -0.1) is 49.0 Å². The second kappa shape index (κ2) is 15.6. The molecule has 10 nitrogen and oxygen atoms in total. The summed E-state index contributed by atoms with van der Waals surface area (Å²) >= 11 is 1.47. The number of ether oxygens (including phenoxy) is 2. The Balaban J connectivity index is 0.00000187. The van der Waals surface area contributed by atoms with Gasteiger partial charge in [0, 0.05) is 24.8 Å². The number of anilines is 1. The average molecular weight is 633 g/mol. The number of carboxylic acid groups (broad SMARTS) is 1. The van der Waals surface area contributed by atoms with Crippen molar-refractivity contribution >= 4 is 77.7 Å². The molecule has 2 aliphatic heterocycles. The normalized spacial score (nSPS) is 19.7. The van der Waals surface area contributed by atoms with Gasteiger partial charge in [0.1, 0.15) is 5.82 Å². The Morgan fingerprint density at radius 1 is 1.18 bits per heavy atom. The molecule has 1 saturated heterocycles. The van der Waals surface area contributed by atoms with E-state index in [1.165, 1.54) is 11.8 Å². The van der Waals surface area contributed by atoms with Gasteiger partial charge in [0.25, 0.3) is 0 Å². The zero-order valence-electron chi connectivity index (χ0n) is 21.7. The highest BCUT2D eigenvalue weighted by atomic mass is 35.5. The molecule has 0 bridgehead atoms. The number of hydrogen-bond donors (Lipinski definition) is 3. The number of fused-ring (bicyclic) bond motifs is 2. The number of thioether (sulfide) groups is 1. The number of carboxylic acids is 1. The first kappa shape index (κ1) is 33.8. The number of methoxy groups -OCH3 is 1. The molecule has 0 spiro atoms. The van der Waals surface area contributed by atoms with E-state index < -0.39 is 12.1 Å². The molecule has 1 fully saturated rings. The molecular formula is C26H32Cl3N5O5S. The van der Waals surface area contributed by atoms with E-state index in [0.29, 0.717) is 24.0 Å². The first-order valence-electron chi connectivity index (χ1n) is 12.3. The largest absolute Gasteiger partial charge is 0.481 e. The lowest BCUT2D eigenvalue weighted by atomic mass is 9.93. The van der Waals surface area contributed by atoms with Crippen LogP contribution in [-0.4, -0.2) is 63.0 Å². The molecule has 3 N–H and O–H groups in total. The molecule has 14 heteroatoms. The number of halogens is 3. The van der Waals surface area contributed by atoms with Crippen LogP contribution in [0.25, 0.3) is 11.0 Å². The van der Waals surface area contributed by atoms with Gasteiger partial charge in [-0.25, -0.2) is 9.97 Å². The number of carbonyl (C=O) groups excluding carboxylic acids is 1. The van der Waals surface area contributed by atoms with Crippen LogP contribution in [0, 0.1) is 0 Å². The van der Waals surface area contributed by atoms with Crippen molar-refractivity contribution in [3.63, 3.8) is 0 Å². The van der Waals surface area contributed by atoms with Gasteiger partial charge in [-0.2, -0.15) is 0 Å². The number of amides is 1. The van der Waals surface area contributed by atoms with Gasteiger partial charge in [-0.1, -0.05) is 0 Å². The monoisotopic (exact) mass is 631 g/mol. The maximum absolute atomic E-state index is 11.7. The Labute approximate surface area is 255 Å². The van der Waals surface area contributed by atoms with E-state index >= 15 is 0 Å². The van der Waals surface area contributed by atoms with Gasteiger partial charge in [-0.3, -0.25) is 14.6 Å². The molecule has 40 heavy (non-hydrogen) atoms. The quantitative estimate of drug-likeness (QED) is 0.310. The molecule has 3 aromatic rings. The van der Waals surface area contributed by atoms with Crippen LogP contribution in [0.5, 0.6) is 5.88 Å². The van der Waals surface area contributed by atoms with Crippen molar-refractivity contribution in [2.24, 2.45) is 0 Å². The molecule has 0 aliphatic carbocycles. The molecule has 0 unspecified atom stereocenters. The second-order valence-corrected chi connectivity index (χ2v) is 10.2. The maximum atomic E-state index is 11.7. The van der Waals surface area contributed by atoms with Crippen molar-refractivity contribution in [1.82, 2.24) is 20.3 Å². The van der Waals surface area contributed by atoms with Crippen molar-refractivity contribution in [3.8, 4) is 5.88 Å². The maximum Gasteiger partial charge on any atom is 0.306 e. The first-order valence-corrected chi connectivity index (χ1v) is 13.3. The number of nitrogens with one attached hydrogen (secondary N) is 2. The SMILES string of the molecule is COc1ccc2nccc(CC[C@@H]3CC[C@@H](NCc4ccc5c(n4)NC(=O)CS5)[C@@H](CC(=O)O)O3)c2n1.Cl.Cl.Cl. The molecule has 0 radical (unpaired) electrons. The molecule has 218 valence electrons. The number of aromatic nitrogens is 3. The highest BCUT2D eigenvalue weighted by Crippen LogP contribution is 2.30. The van der Waals surface area contributed by atoms with Gasteiger partial charge in [0.2, 0.25) is 11.8 Å². The standard InChI is InChI=1S/C26H29N5O5S.3ClH/c1-35-23-9-7-19-25(31-23)15(10-11-27-19)2-4-17-5-6-18(20(36-17)12-24(33)34)28-13-16-3-8-21-26(29-16)30-22(32)14-37-21;;;/h3,7-11,17-18,20,28H,2,4-6,12-14H2,1H3,(H,33,34)(H,29,30,32);3*1H/t17-,18-,20-;;;/m1.../s1. The molecule has 0 saturated carbocycles. The van der Waals surface area contributed by atoms with Gasteiger partial charge >= 0.3 is 5.97 Å². The van der Waals surface area contributed by atoms with E-state index in [-0.39, 0.29) is 61.7 Å². The van der Waals surface area contributed by atoms with Crippen molar-refractivity contribution in [2.45, 2.75) is 61.8 Å². The van der Waals surface area contributed by atoms with Crippen LogP contribution in [0.4, 0.5) is 5.82 Å². The van der Waals surface area contributed by atoms with Crippen LogP contribution in [-0.2, 0) is 27.3 Å². The fourth-order valence-corrected chi connectivity index (χ4v) is 5.56. The third-order valence-corrected chi connectivity index (χ3v) is 7.70. The van der Waals surface area contributed by atoms with Crippen molar-refractivity contribution in [1.29, 1.82) is 0 Å². The van der Waals surface area contributed by atoms with Crippen LogP contribution >= 0.6 is 49.0 Å². The minimum atomic E-state index is -0.888. The summed E-state index contributed by atoms with van der Waals surface area (Å²) in [5.74, 6) is 0.573. The van der Waals surface area contributed by atoms with Crippen LogP contribution in [0.15, 0.2) is 41.4 Å². The third-order valence-electron chi connectivity index (χ3n) is 6.66. The summed E-state index contributed by atoms with van der Waals surface area (Å²) in [5, 5.41) is 15.7. The number of nitrogens with zero attached hydrogens (tertiary/aromatic N) is 3. The number of aliphatic carboxylic acids is 1. The van der Waals surface area contributed by atoms with E-state index in [2.05, 4.69) is 25.6 Å². The van der Waals surface area contributed by atoms with Crippen LogP contribution in [0.1, 0.15) is 36.9 Å². The molecule has 2 aliphatic rings. The molecule has 3 atom stereocenters. The highest BCUT2D eigenvalue weighted by molar-refractivity contribution is 8.00. The predicted molar refractivity (Wildman–Crippen MR) is 161 cm³/mol. The summed E-state index contributed by atoms with van der Waals surface area (Å²) in [7, 11) is 1.59. The van der Waals surface area contributed by atoms with E-state index in [0.717, 1.165) is 52.9 Å². The molecule has 5 rings (SSSR count). The average Bonchev–Trinajstić information content (AvgIpc) is 2.90. The molecule has 3 aromatic heterocycles. The number of hydrogen-bond acceptors (Lipinski definition) is 9. The predicted octanol–water partition coefficient (Wildman–Crippen LogP) is 4.46. The Kier molecular flexibility index (Phi) is 13.1. The Morgan fingerprint density at radius 3 is 2.77 bits per heavy atom. The smallest absolute Gasteiger partial charge is 0.306 e. The number of carbonyl (C=O) groups is 2. The van der Waals surface area contributed by atoms with Crippen molar-refractivity contribution in [3.05, 3.63) is 47.8 Å². The number of pyridine rings is 3. The zero-order chi connectivity index (χ0) is 25.8. The third kappa shape index (κ3) is 8.31. The molecule has 5 heterocycles. The first-order chi connectivity index (χ1) is 18.0. The molecule has 1 amide bonds. The second-order valence-electron chi connectivity index (χ2n) is 9.18. The van der Waals surface area contributed by atoms with Gasteiger partial charge in [-0.05, 0) is 55.5 Å². The van der Waals surface area contributed by atoms with E-state index in [4.69, 9.17) is 9.47 Å². The topological polar surface area (TPSA) is 136 Å². The van der Waals surface area contributed by atoms with Crippen LogP contribution < -0.4 is 15.4 Å². The van der Waals surface area contributed by atoms with E-state index in [1.807, 2.05) is 24.3 Å². The highest BCUT2D eigenvalue weighted by Gasteiger charge is 2.32. The van der Waals surface area contributed by atoms with Gasteiger partial charge < -0.3 is 25.2 Å². The summed E-state index contributed by atoms with van der Waals surface area (Å²) in [5.41, 5.74) is 3.47. The summed E-state index contributed by atoms with van der Waals surface area (Å²) in [4.78, 5) is 37.7. The number of aryl methyl sites for hydroxylation is 1. The van der Waals surface area contributed by atoms with E-state index in [9.17, 15) is 14.7 Å². The molecular weight excluding hydrogens is 601 g/mol. The van der Waals surface area contributed by atoms with Crippen LogP contribution in [0.2, 0.25) is 0 Å². The van der Waals surface area contributed by atoms with Gasteiger partial charge in [0.15, 0.2) is 0 Å². The Hall–Kier alpha value is -2.41. The van der Waals surface area contributed by atoms with Crippen LogP contribution in [0.3, 0.4) is 0 Å². The minimum absolute atomic E-state index is 0.